The summed E-state index contributed by atoms with van der Waals surface area (Å²) in [6.45, 7) is 8.03. The van der Waals surface area contributed by atoms with Crippen LogP contribution in [0.3, 0.4) is 0 Å². The van der Waals surface area contributed by atoms with Gasteiger partial charge >= 0.3 is 11.9 Å². The van der Waals surface area contributed by atoms with Gasteiger partial charge in [-0.15, -0.1) is 0 Å². The highest BCUT2D eigenvalue weighted by Crippen LogP contribution is 2.44. The summed E-state index contributed by atoms with van der Waals surface area (Å²) in [7, 11) is 3.35. The van der Waals surface area contributed by atoms with Crippen molar-refractivity contribution in [2.75, 3.05) is 50.7 Å². The first kappa shape index (κ1) is 56.1. The molecule has 2 aliphatic heterocycles. The third-order valence-corrected chi connectivity index (χ3v) is 14.4. The van der Waals surface area contributed by atoms with Gasteiger partial charge in [-0.25, -0.2) is 0 Å². The number of ether oxygens (including phenoxy) is 6. The van der Waals surface area contributed by atoms with Crippen molar-refractivity contribution in [1.82, 2.24) is 30.2 Å². The summed E-state index contributed by atoms with van der Waals surface area (Å²) in [6.07, 6.45) is 4.89. The third kappa shape index (κ3) is 13.8. The Labute approximate surface area is 464 Å². The topological polar surface area (TPSA) is 224 Å². The largest absolute Gasteiger partial charge is 0.466 e. The number of hydrogen-bond donors (Lipinski definition) is 2. The zero-order valence-electron chi connectivity index (χ0n) is 46.0. The Morgan fingerprint density at radius 3 is 1.50 bits per heavy atom. The Morgan fingerprint density at radius 1 is 0.588 bits per heavy atom. The van der Waals surface area contributed by atoms with Crippen molar-refractivity contribution in [3.8, 4) is 23.0 Å². The number of likely N-dealkylation sites (N-methyl/N-ethyl adjacent to an activating group) is 2. The van der Waals surface area contributed by atoms with Crippen molar-refractivity contribution in [1.29, 1.82) is 0 Å². The van der Waals surface area contributed by atoms with Crippen molar-refractivity contribution < 1.29 is 57.2 Å². The molecule has 80 heavy (non-hydrogen) atoms. The van der Waals surface area contributed by atoms with Crippen LogP contribution in [0, 0.1) is 13.8 Å². The van der Waals surface area contributed by atoms with E-state index in [1.54, 1.807) is 73.7 Å². The summed E-state index contributed by atoms with van der Waals surface area (Å²) in [6, 6.07) is 28.1. The summed E-state index contributed by atoms with van der Waals surface area (Å²) >= 11 is 0. The quantitative estimate of drug-likeness (QED) is 0.0685. The first-order chi connectivity index (χ1) is 38.7. The maximum Gasteiger partial charge on any atom is 0.310 e. The lowest BCUT2D eigenvalue weighted by molar-refractivity contribution is -0.143. The number of carbonyl (C=O) groups excluding carboxylic acids is 6. The standard InChI is InChI=1S/2C30H34N4O6/c1-4-38-28(36)16-23-19(2)34(32-29(23)21-10-11-21)17-27(35)31-24(14-20-8-6-5-7-9-20)30(37)33(3)22-12-13-25-26(15-22)40-18-39-25;1-4-38-28(36)16-23-19(2)32-34(29(23)21-10-11-21)17-27(35)31-24(14-20-8-6-5-7-9-20)30(37)33(3)22-12-13-25-26(15-22)40-18-39-25/h2*5-9,12-13,15,21,24H,4,10-11,14,16-18H2,1-3H3,(H,31,35)/t2*24-/m00/s1. The molecular weight excluding hydrogens is 1020 g/mol. The minimum absolute atomic E-state index is 0.0538. The van der Waals surface area contributed by atoms with Crippen LogP contribution in [0.1, 0.15) is 96.4 Å². The average Bonchev–Trinajstić information content (AvgIpc) is 4.42. The predicted octanol–water partition coefficient (Wildman–Crippen LogP) is 6.59. The van der Waals surface area contributed by atoms with E-state index in [0.717, 1.165) is 65.0 Å². The molecule has 2 aromatic heterocycles. The Bertz CT molecular complexity index is 3210. The van der Waals surface area contributed by atoms with Gasteiger partial charge < -0.3 is 48.9 Å². The molecule has 0 saturated heterocycles. The number of aromatic nitrogens is 4. The molecule has 2 saturated carbocycles. The van der Waals surface area contributed by atoms with Crippen LogP contribution >= 0.6 is 0 Å². The lowest BCUT2D eigenvalue weighted by Gasteiger charge is -2.25. The number of hydrogen-bond acceptors (Lipinski definition) is 14. The number of fused-ring (bicyclic) bond motifs is 2. The normalized spacial score (nSPS) is 14.5. The number of anilines is 2. The zero-order chi connectivity index (χ0) is 56.5. The SMILES string of the molecule is CCOC(=O)Cc1c(C)nn(CC(=O)N[C@@H](Cc2ccccc2)C(=O)N(C)c2ccc3c(c2)OCO3)c1C1CC1.CCOC(=O)Cc1c(C2CC2)nn(CC(=O)N[C@@H](Cc2ccccc2)C(=O)N(C)c2ccc3c(c2)OCO3)c1C. The highest BCUT2D eigenvalue weighted by molar-refractivity contribution is 6.00. The Morgan fingerprint density at radius 2 is 1.04 bits per heavy atom. The number of nitrogens with one attached hydrogen (secondary N) is 2. The number of nitrogens with zero attached hydrogens (tertiary/aromatic N) is 6. The maximum absolute atomic E-state index is 13.7. The van der Waals surface area contributed by atoms with Crippen LogP contribution in [0.25, 0.3) is 0 Å². The molecular formula is C60H68N8O12. The van der Waals surface area contributed by atoms with Gasteiger partial charge in [0.25, 0.3) is 0 Å². The van der Waals surface area contributed by atoms with Crippen molar-refractivity contribution in [2.45, 2.75) is 116 Å². The van der Waals surface area contributed by atoms with Crippen LogP contribution in [0.5, 0.6) is 23.0 Å². The van der Waals surface area contributed by atoms with Crippen LogP contribution in [0.4, 0.5) is 11.4 Å². The van der Waals surface area contributed by atoms with E-state index in [1.165, 1.54) is 9.80 Å². The van der Waals surface area contributed by atoms with Gasteiger partial charge in [0.15, 0.2) is 23.0 Å². The van der Waals surface area contributed by atoms with E-state index >= 15 is 0 Å². The van der Waals surface area contributed by atoms with Gasteiger partial charge in [0.05, 0.1) is 37.4 Å². The fourth-order valence-electron chi connectivity index (χ4n) is 9.93. The molecule has 4 aliphatic rings. The van der Waals surface area contributed by atoms with E-state index in [9.17, 15) is 28.8 Å². The molecule has 20 heteroatoms. The zero-order valence-corrected chi connectivity index (χ0v) is 46.0. The molecule has 4 aromatic carbocycles. The highest BCUT2D eigenvalue weighted by atomic mass is 16.7. The second-order valence-electron chi connectivity index (χ2n) is 20.2. The monoisotopic (exact) mass is 1090 g/mol. The van der Waals surface area contributed by atoms with Gasteiger partial charge in [0, 0.05) is 84.8 Å². The number of esters is 2. The minimum Gasteiger partial charge on any atom is -0.466 e. The van der Waals surface area contributed by atoms with Gasteiger partial charge in [-0.1, -0.05) is 60.7 Å². The van der Waals surface area contributed by atoms with Gasteiger partial charge in [-0.3, -0.25) is 38.1 Å². The van der Waals surface area contributed by atoms with E-state index in [4.69, 9.17) is 33.5 Å². The Kier molecular flexibility index (Phi) is 17.8. The number of benzene rings is 4. The lowest BCUT2D eigenvalue weighted by Crippen LogP contribution is -2.49. The smallest absolute Gasteiger partial charge is 0.310 e. The van der Waals surface area contributed by atoms with E-state index in [0.29, 0.717) is 72.0 Å². The summed E-state index contributed by atoms with van der Waals surface area (Å²) in [5.41, 5.74) is 7.99. The van der Waals surface area contributed by atoms with Gasteiger partial charge in [0.1, 0.15) is 25.2 Å². The first-order valence-electron chi connectivity index (χ1n) is 27.1. The van der Waals surface area contributed by atoms with Crippen molar-refractivity contribution in [3.63, 3.8) is 0 Å². The molecule has 10 rings (SSSR count). The molecule has 6 aromatic rings. The molecule has 2 aliphatic carbocycles. The second kappa shape index (κ2) is 25.4. The molecule has 0 spiro atoms. The molecule has 0 bridgehead atoms. The fraction of sp³-hybridized carbons (Fsp3) is 0.400. The average molecular weight is 1090 g/mol. The summed E-state index contributed by atoms with van der Waals surface area (Å²) < 4.78 is 35.3. The summed E-state index contributed by atoms with van der Waals surface area (Å²) in [4.78, 5) is 81.7. The van der Waals surface area contributed by atoms with E-state index in [1.807, 2.05) is 74.5 Å². The van der Waals surface area contributed by atoms with Gasteiger partial charge in [0.2, 0.25) is 37.2 Å². The minimum atomic E-state index is -0.817. The molecule has 0 unspecified atom stereocenters. The van der Waals surface area contributed by atoms with E-state index in [2.05, 4.69) is 15.7 Å². The Hall–Kier alpha value is -8.68. The van der Waals surface area contributed by atoms with Crippen molar-refractivity contribution in [2.24, 2.45) is 0 Å². The maximum atomic E-state index is 13.7. The molecule has 4 heterocycles. The summed E-state index contributed by atoms with van der Waals surface area (Å²) in [5.74, 6) is 1.13. The number of amides is 4. The van der Waals surface area contributed by atoms with Crippen LogP contribution in [0.15, 0.2) is 97.1 Å². The summed E-state index contributed by atoms with van der Waals surface area (Å²) in [5, 5.41) is 15.2. The van der Waals surface area contributed by atoms with Gasteiger partial charge in [-0.2, -0.15) is 10.2 Å². The van der Waals surface area contributed by atoms with Crippen molar-refractivity contribution in [3.05, 3.63) is 142 Å². The van der Waals surface area contributed by atoms with Crippen LogP contribution in [-0.2, 0) is 77.0 Å². The second-order valence-corrected chi connectivity index (χ2v) is 20.2. The lowest BCUT2D eigenvalue weighted by atomic mass is 10.0. The molecule has 2 atom stereocenters. The van der Waals surface area contributed by atoms with E-state index < -0.39 is 12.1 Å². The molecule has 2 N–H and O–H groups in total. The van der Waals surface area contributed by atoms with Crippen LogP contribution in [0.2, 0.25) is 0 Å². The Balaban J connectivity index is 0.000000194. The number of carbonyl (C=O) groups is 6. The third-order valence-electron chi connectivity index (χ3n) is 14.4. The van der Waals surface area contributed by atoms with Crippen molar-refractivity contribution >= 4 is 46.9 Å². The fourth-order valence-corrected chi connectivity index (χ4v) is 9.93. The molecule has 420 valence electrons. The van der Waals surface area contributed by atoms with Crippen LogP contribution < -0.4 is 39.4 Å². The molecule has 20 nitrogen and oxygen atoms in total. The number of rotatable bonds is 22. The predicted molar refractivity (Wildman–Crippen MR) is 295 cm³/mol. The molecule has 0 radical (unpaired) electrons. The van der Waals surface area contributed by atoms with Gasteiger partial charge in [-0.05, 0) is 88.8 Å². The van der Waals surface area contributed by atoms with Crippen LogP contribution in [-0.4, -0.2) is 108 Å². The molecule has 2 fully saturated rings. The highest BCUT2D eigenvalue weighted by Gasteiger charge is 2.35. The first-order valence-corrected chi connectivity index (χ1v) is 27.1. The number of aryl methyl sites for hydroxylation is 1. The molecule has 4 amide bonds. The van der Waals surface area contributed by atoms with E-state index in [-0.39, 0.29) is 81.0 Å².